The van der Waals surface area contributed by atoms with Gasteiger partial charge in [-0.15, -0.1) is 11.6 Å². The molecule has 0 atom stereocenters. The number of hydrogen-bond donors (Lipinski definition) is 0. The van der Waals surface area contributed by atoms with Gasteiger partial charge in [0.25, 0.3) is 0 Å². The van der Waals surface area contributed by atoms with Gasteiger partial charge in [0.1, 0.15) is 0 Å². The molecule has 6 heteroatoms. The SMILES string of the molecule is ClCc1cc(-n2cc(Cl)cn2)ncc1Br. The van der Waals surface area contributed by atoms with Gasteiger partial charge in [-0.05, 0) is 27.6 Å². The van der Waals surface area contributed by atoms with E-state index >= 15 is 0 Å². The van der Waals surface area contributed by atoms with E-state index in [-0.39, 0.29) is 0 Å². The van der Waals surface area contributed by atoms with Crippen LogP contribution in [0.5, 0.6) is 0 Å². The van der Waals surface area contributed by atoms with Crippen LogP contribution < -0.4 is 0 Å². The molecule has 0 aliphatic carbocycles. The van der Waals surface area contributed by atoms with Crippen LogP contribution in [0.4, 0.5) is 0 Å². The van der Waals surface area contributed by atoms with E-state index in [0.29, 0.717) is 16.7 Å². The summed E-state index contributed by atoms with van der Waals surface area (Å²) >= 11 is 14.9. The molecule has 0 amide bonds. The molecular weight excluding hydrogens is 301 g/mol. The maximum absolute atomic E-state index is 5.78. The number of halogens is 3. The lowest BCUT2D eigenvalue weighted by atomic mass is 10.3. The molecule has 78 valence electrons. The third-order valence-corrected chi connectivity index (χ3v) is 3.05. The van der Waals surface area contributed by atoms with Crippen LogP contribution in [0.15, 0.2) is 29.1 Å². The average Bonchev–Trinajstić information content (AvgIpc) is 2.66. The summed E-state index contributed by atoms with van der Waals surface area (Å²) in [6.07, 6.45) is 4.95. The maximum Gasteiger partial charge on any atom is 0.153 e. The molecule has 0 aliphatic rings. The fraction of sp³-hybridized carbons (Fsp3) is 0.111. The Morgan fingerprint density at radius 1 is 1.40 bits per heavy atom. The number of rotatable bonds is 2. The van der Waals surface area contributed by atoms with Gasteiger partial charge in [-0.25, -0.2) is 9.67 Å². The van der Waals surface area contributed by atoms with Crippen molar-refractivity contribution in [1.29, 1.82) is 0 Å². The quantitative estimate of drug-likeness (QED) is 0.796. The minimum absolute atomic E-state index is 0.422. The Bertz CT molecular complexity index is 484. The zero-order valence-corrected chi connectivity index (χ0v) is 10.6. The van der Waals surface area contributed by atoms with Crippen molar-refractivity contribution in [2.45, 2.75) is 5.88 Å². The zero-order valence-electron chi connectivity index (χ0n) is 7.49. The van der Waals surface area contributed by atoms with Crippen molar-refractivity contribution in [3.63, 3.8) is 0 Å². The molecule has 2 rings (SSSR count). The highest BCUT2D eigenvalue weighted by Crippen LogP contribution is 2.20. The summed E-state index contributed by atoms with van der Waals surface area (Å²) < 4.78 is 2.49. The first-order valence-electron chi connectivity index (χ1n) is 4.11. The predicted molar refractivity (Wildman–Crippen MR) is 63.6 cm³/mol. The molecule has 2 aromatic rings. The van der Waals surface area contributed by atoms with E-state index < -0.39 is 0 Å². The smallest absolute Gasteiger partial charge is 0.153 e. The largest absolute Gasteiger partial charge is 0.236 e. The minimum atomic E-state index is 0.422. The van der Waals surface area contributed by atoms with Gasteiger partial charge in [0.2, 0.25) is 0 Å². The van der Waals surface area contributed by atoms with Gasteiger partial charge in [0.15, 0.2) is 5.82 Å². The van der Waals surface area contributed by atoms with E-state index in [0.717, 1.165) is 10.0 Å². The van der Waals surface area contributed by atoms with Gasteiger partial charge in [-0.1, -0.05) is 11.6 Å². The Labute approximate surface area is 105 Å². The van der Waals surface area contributed by atoms with E-state index in [9.17, 15) is 0 Å². The third-order valence-electron chi connectivity index (χ3n) is 1.85. The number of alkyl halides is 1. The second kappa shape index (κ2) is 4.51. The molecule has 0 saturated heterocycles. The summed E-state index contributed by atoms with van der Waals surface area (Å²) in [4.78, 5) is 4.21. The minimum Gasteiger partial charge on any atom is -0.236 e. The van der Waals surface area contributed by atoms with E-state index in [1.807, 2.05) is 6.07 Å². The van der Waals surface area contributed by atoms with Gasteiger partial charge in [0.05, 0.1) is 17.4 Å². The van der Waals surface area contributed by atoms with Gasteiger partial charge in [-0.3, -0.25) is 0 Å². The first kappa shape index (κ1) is 10.9. The zero-order chi connectivity index (χ0) is 10.8. The molecule has 2 heterocycles. The highest BCUT2D eigenvalue weighted by molar-refractivity contribution is 9.10. The van der Waals surface area contributed by atoms with E-state index in [1.165, 1.54) is 0 Å². The summed E-state index contributed by atoms with van der Waals surface area (Å²) in [5, 5.41) is 4.63. The molecule has 0 unspecified atom stereocenters. The summed E-state index contributed by atoms with van der Waals surface area (Å²) in [5.41, 5.74) is 0.966. The molecule has 0 spiro atoms. The Morgan fingerprint density at radius 3 is 2.80 bits per heavy atom. The van der Waals surface area contributed by atoms with Crippen LogP contribution in [-0.2, 0) is 5.88 Å². The molecule has 0 bridgehead atoms. The highest BCUT2D eigenvalue weighted by atomic mass is 79.9. The van der Waals surface area contributed by atoms with E-state index in [4.69, 9.17) is 23.2 Å². The molecule has 0 radical (unpaired) electrons. The first-order chi connectivity index (χ1) is 7.20. The van der Waals surface area contributed by atoms with Crippen LogP contribution in [0.1, 0.15) is 5.56 Å². The average molecular weight is 307 g/mol. The fourth-order valence-electron chi connectivity index (χ4n) is 1.12. The Balaban J connectivity index is 2.45. The Kier molecular flexibility index (Phi) is 3.29. The lowest BCUT2D eigenvalue weighted by molar-refractivity contribution is 0.843. The van der Waals surface area contributed by atoms with Crippen molar-refractivity contribution in [1.82, 2.24) is 14.8 Å². The Hall–Kier alpha value is -0.580. The molecule has 0 N–H and O–H groups in total. The molecule has 0 fully saturated rings. The summed E-state index contributed by atoms with van der Waals surface area (Å²) in [6, 6.07) is 1.86. The second-order valence-corrected chi connectivity index (χ2v) is 4.43. The summed E-state index contributed by atoms with van der Waals surface area (Å²) in [7, 11) is 0. The van der Waals surface area contributed by atoms with Crippen molar-refractivity contribution >= 4 is 39.1 Å². The fourth-order valence-corrected chi connectivity index (χ4v) is 2.00. The summed E-state index contributed by atoms with van der Waals surface area (Å²) in [6.45, 7) is 0. The van der Waals surface area contributed by atoms with Crippen molar-refractivity contribution in [3.05, 3.63) is 39.7 Å². The normalized spacial score (nSPS) is 10.6. The number of pyridine rings is 1. The van der Waals surface area contributed by atoms with Crippen LogP contribution in [0.3, 0.4) is 0 Å². The van der Waals surface area contributed by atoms with Crippen molar-refractivity contribution in [3.8, 4) is 5.82 Å². The van der Waals surface area contributed by atoms with Crippen LogP contribution in [0.25, 0.3) is 5.82 Å². The van der Waals surface area contributed by atoms with Gasteiger partial charge >= 0.3 is 0 Å². The molecule has 0 aliphatic heterocycles. The molecule has 0 saturated carbocycles. The van der Waals surface area contributed by atoms with Crippen LogP contribution >= 0.6 is 39.1 Å². The first-order valence-corrected chi connectivity index (χ1v) is 5.82. The van der Waals surface area contributed by atoms with Crippen LogP contribution in [-0.4, -0.2) is 14.8 Å². The molecule has 3 nitrogen and oxygen atoms in total. The van der Waals surface area contributed by atoms with E-state index in [2.05, 4.69) is 26.0 Å². The Morgan fingerprint density at radius 2 is 2.20 bits per heavy atom. The maximum atomic E-state index is 5.78. The van der Waals surface area contributed by atoms with E-state index in [1.54, 1.807) is 23.3 Å². The van der Waals surface area contributed by atoms with Crippen LogP contribution in [0, 0.1) is 0 Å². The van der Waals surface area contributed by atoms with Crippen molar-refractivity contribution < 1.29 is 0 Å². The lowest BCUT2D eigenvalue weighted by Gasteiger charge is -2.03. The molecule has 2 aromatic heterocycles. The highest BCUT2D eigenvalue weighted by Gasteiger charge is 2.04. The number of aromatic nitrogens is 3. The second-order valence-electron chi connectivity index (χ2n) is 2.87. The predicted octanol–water partition coefficient (Wildman–Crippen LogP) is 3.42. The third kappa shape index (κ3) is 2.33. The van der Waals surface area contributed by atoms with Crippen molar-refractivity contribution in [2.24, 2.45) is 0 Å². The van der Waals surface area contributed by atoms with Gasteiger partial charge in [-0.2, -0.15) is 5.10 Å². The summed E-state index contributed by atoms with van der Waals surface area (Å²) in [5.74, 6) is 1.12. The lowest BCUT2D eigenvalue weighted by Crippen LogP contribution is -1.98. The van der Waals surface area contributed by atoms with Gasteiger partial charge < -0.3 is 0 Å². The number of nitrogens with zero attached hydrogens (tertiary/aromatic N) is 3. The van der Waals surface area contributed by atoms with Crippen LogP contribution in [0.2, 0.25) is 5.02 Å². The standard InChI is InChI=1S/C9H6BrCl2N3/c10-8-4-13-9(1-6(8)2-11)15-5-7(12)3-14-15/h1,3-5H,2H2. The van der Waals surface area contributed by atoms with Gasteiger partial charge in [0, 0.05) is 16.5 Å². The molecule has 0 aromatic carbocycles. The molecule has 15 heavy (non-hydrogen) atoms. The molecular formula is C9H6BrCl2N3. The number of hydrogen-bond acceptors (Lipinski definition) is 2. The topological polar surface area (TPSA) is 30.7 Å². The van der Waals surface area contributed by atoms with Crippen molar-refractivity contribution in [2.75, 3.05) is 0 Å². The monoisotopic (exact) mass is 305 g/mol.